The summed E-state index contributed by atoms with van der Waals surface area (Å²) in [6.07, 6.45) is 1.44. The van der Waals surface area contributed by atoms with Crippen LogP contribution in [0.25, 0.3) is 0 Å². The molecule has 7 nitrogen and oxygen atoms in total. The van der Waals surface area contributed by atoms with Gasteiger partial charge in [0.05, 0.1) is 12.8 Å². The number of ether oxygens (including phenoxy) is 2. The third kappa shape index (κ3) is 7.21. The molecule has 0 aliphatic carbocycles. The third-order valence-corrected chi connectivity index (χ3v) is 4.57. The number of hydrazone groups is 1. The van der Waals surface area contributed by atoms with Crippen molar-refractivity contribution < 1.29 is 19.1 Å². The van der Waals surface area contributed by atoms with E-state index in [2.05, 4.69) is 15.8 Å². The molecule has 0 bridgehead atoms. The molecule has 0 atom stereocenters. The van der Waals surface area contributed by atoms with Crippen LogP contribution in [0.1, 0.15) is 29.2 Å². The number of anilines is 1. The van der Waals surface area contributed by atoms with Crippen LogP contribution in [0.3, 0.4) is 0 Å². The molecule has 3 rings (SSSR count). The molecule has 0 aliphatic rings. The van der Waals surface area contributed by atoms with Gasteiger partial charge in [0.15, 0.2) is 11.5 Å². The summed E-state index contributed by atoms with van der Waals surface area (Å²) in [5.74, 6) is -0.485. The fraction of sp³-hybridized carbons (Fsp3) is 0.192. The van der Waals surface area contributed by atoms with Gasteiger partial charge in [-0.05, 0) is 73.4 Å². The first-order valence-corrected chi connectivity index (χ1v) is 10.6. The van der Waals surface area contributed by atoms with Crippen molar-refractivity contribution in [1.82, 2.24) is 5.43 Å². The normalized spacial score (nSPS) is 10.6. The molecule has 3 aromatic rings. The molecule has 3 aromatic carbocycles. The monoisotopic (exact) mass is 445 g/mol. The molecule has 0 radical (unpaired) electrons. The molecule has 7 heteroatoms. The fourth-order valence-electron chi connectivity index (χ4n) is 3.18. The molecule has 170 valence electrons. The first kappa shape index (κ1) is 23.5. The lowest BCUT2D eigenvalue weighted by Gasteiger charge is -2.12. The van der Waals surface area contributed by atoms with Crippen molar-refractivity contribution >= 4 is 23.7 Å². The Balaban J connectivity index is 1.59. The van der Waals surface area contributed by atoms with E-state index in [0.717, 1.165) is 16.7 Å². The fourth-order valence-corrected chi connectivity index (χ4v) is 3.18. The van der Waals surface area contributed by atoms with Crippen molar-refractivity contribution in [3.05, 3.63) is 89.0 Å². The van der Waals surface area contributed by atoms with Gasteiger partial charge in [-0.2, -0.15) is 5.10 Å². The molecular weight excluding hydrogens is 418 g/mol. The molecule has 2 amide bonds. The second-order valence-corrected chi connectivity index (χ2v) is 7.44. The minimum absolute atomic E-state index is 0.417. The van der Waals surface area contributed by atoms with E-state index in [-0.39, 0.29) is 0 Å². The van der Waals surface area contributed by atoms with Gasteiger partial charge in [-0.25, -0.2) is 5.43 Å². The molecule has 0 saturated carbocycles. The number of amides is 2. The van der Waals surface area contributed by atoms with Crippen molar-refractivity contribution in [2.45, 2.75) is 27.4 Å². The summed E-state index contributed by atoms with van der Waals surface area (Å²) in [5, 5.41) is 6.45. The smallest absolute Gasteiger partial charge is 0.329 e. The topological polar surface area (TPSA) is 89.0 Å². The van der Waals surface area contributed by atoms with Crippen molar-refractivity contribution in [2.75, 3.05) is 11.9 Å². The minimum Gasteiger partial charge on any atom is -0.490 e. The van der Waals surface area contributed by atoms with E-state index in [1.807, 2.05) is 57.2 Å². The maximum atomic E-state index is 12.1. The number of hydrogen-bond donors (Lipinski definition) is 2. The highest BCUT2D eigenvalue weighted by Crippen LogP contribution is 2.28. The van der Waals surface area contributed by atoms with Gasteiger partial charge in [0.25, 0.3) is 0 Å². The molecule has 0 spiro atoms. The number of aryl methyl sites for hydroxylation is 2. The molecule has 33 heavy (non-hydrogen) atoms. The minimum atomic E-state index is -0.863. The van der Waals surface area contributed by atoms with Crippen molar-refractivity contribution in [1.29, 1.82) is 0 Å². The number of nitrogens with zero attached hydrogens (tertiary/aromatic N) is 1. The highest BCUT2D eigenvalue weighted by Gasteiger charge is 2.13. The highest BCUT2D eigenvalue weighted by molar-refractivity contribution is 6.39. The third-order valence-electron chi connectivity index (χ3n) is 4.57. The van der Waals surface area contributed by atoms with Crippen LogP contribution >= 0.6 is 0 Å². The van der Waals surface area contributed by atoms with Crippen LogP contribution in [0.4, 0.5) is 5.69 Å². The van der Waals surface area contributed by atoms with Crippen molar-refractivity contribution in [2.24, 2.45) is 5.10 Å². The Kier molecular flexibility index (Phi) is 8.18. The Bertz CT molecular complexity index is 1120. The quantitative estimate of drug-likeness (QED) is 0.306. The van der Waals surface area contributed by atoms with Gasteiger partial charge in [0.1, 0.15) is 6.61 Å². The predicted octanol–water partition coefficient (Wildman–Crippen LogP) is 4.37. The summed E-state index contributed by atoms with van der Waals surface area (Å²) >= 11 is 0. The SMILES string of the molecule is CCOc1cc(C=NNC(=O)C(=O)Nc2cc(C)cc(C)c2)ccc1OCc1ccccc1. The number of nitrogens with one attached hydrogen (secondary N) is 2. The summed E-state index contributed by atoms with van der Waals surface area (Å²) in [6.45, 7) is 6.61. The van der Waals surface area contributed by atoms with E-state index in [1.54, 1.807) is 30.3 Å². The summed E-state index contributed by atoms with van der Waals surface area (Å²) in [7, 11) is 0. The first-order valence-electron chi connectivity index (χ1n) is 10.6. The Labute approximate surface area is 193 Å². The van der Waals surface area contributed by atoms with Crippen LogP contribution in [0.15, 0.2) is 71.8 Å². The Morgan fingerprint density at radius 3 is 2.30 bits per heavy atom. The van der Waals surface area contributed by atoms with E-state index in [1.165, 1.54) is 6.21 Å². The Morgan fingerprint density at radius 1 is 0.879 bits per heavy atom. The van der Waals surface area contributed by atoms with E-state index in [9.17, 15) is 9.59 Å². The molecular formula is C26H27N3O4. The molecule has 0 heterocycles. The van der Waals surface area contributed by atoms with Gasteiger partial charge < -0.3 is 14.8 Å². The number of carbonyl (C=O) groups is 2. The number of hydrogen-bond acceptors (Lipinski definition) is 5. The van der Waals surface area contributed by atoms with Crippen molar-refractivity contribution in [3.8, 4) is 11.5 Å². The second kappa shape index (κ2) is 11.5. The zero-order chi connectivity index (χ0) is 23.6. The van der Waals surface area contributed by atoms with Crippen LogP contribution in [-0.4, -0.2) is 24.6 Å². The lowest BCUT2D eigenvalue weighted by Crippen LogP contribution is -2.32. The van der Waals surface area contributed by atoms with E-state index >= 15 is 0 Å². The first-order chi connectivity index (χ1) is 15.9. The van der Waals surface area contributed by atoms with E-state index < -0.39 is 11.8 Å². The number of benzene rings is 3. The van der Waals surface area contributed by atoms with Gasteiger partial charge in [-0.3, -0.25) is 9.59 Å². The van der Waals surface area contributed by atoms with Crippen molar-refractivity contribution in [3.63, 3.8) is 0 Å². The standard InChI is InChI=1S/C26H27N3O4/c1-4-32-24-15-21(10-11-23(24)33-17-20-8-6-5-7-9-20)16-27-29-26(31)25(30)28-22-13-18(2)12-19(3)14-22/h5-16H,4,17H2,1-3H3,(H,28,30)(H,29,31). The predicted molar refractivity (Wildman–Crippen MR) is 129 cm³/mol. The summed E-state index contributed by atoms with van der Waals surface area (Å²) in [6, 6.07) is 20.7. The number of rotatable bonds is 8. The largest absolute Gasteiger partial charge is 0.490 e. The zero-order valence-corrected chi connectivity index (χ0v) is 18.9. The molecule has 0 fully saturated rings. The molecule has 0 unspecified atom stereocenters. The second-order valence-electron chi connectivity index (χ2n) is 7.44. The van der Waals surface area contributed by atoms with Gasteiger partial charge in [-0.1, -0.05) is 36.4 Å². The molecule has 0 aliphatic heterocycles. The van der Waals surface area contributed by atoms with E-state index in [0.29, 0.717) is 36.0 Å². The summed E-state index contributed by atoms with van der Waals surface area (Å²) in [4.78, 5) is 24.2. The van der Waals surface area contributed by atoms with E-state index in [4.69, 9.17) is 9.47 Å². The van der Waals surface area contributed by atoms with Gasteiger partial charge >= 0.3 is 11.8 Å². The van der Waals surface area contributed by atoms with Crippen LogP contribution in [0, 0.1) is 13.8 Å². The maximum Gasteiger partial charge on any atom is 0.329 e. The van der Waals surface area contributed by atoms with Crippen LogP contribution in [-0.2, 0) is 16.2 Å². The molecule has 0 saturated heterocycles. The van der Waals surface area contributed by atoms with Crippen LogP contribution < -0.4 is 20.2 Å². The Hall–Kier alpha value is -4.13. The average molecular weight is 446 g/mol. The van der Waals surface area contributed by atoms with Crippen LogP contribution in [0.5, 0.6) is 11.5 Å². The zero-order valence-electron chi connectivity index (χ0n) is 18.9. The van der Waals surface area contributed by atoms with Crippen LogP contribution in [0.2, 0.25) is 0 Å². The maximum absolute atomic E-state index is 12.1. The lowest BCUT2D eigenvalue weighted by molar-refractivity contribution is -0.136. The van der Waals surface area contributed by atoms with Gasteiger partial charge in [-0.15, -0.1) is 0 Å². The van der Waals surface area contributed by atoms with Gasteiger partial charge in [0, 0.05) is 5.69 Å². The molecule has 0 aromatic heterocycles. The number of carbonyl (C=O) groups excluding carboxylic acids is 2. The lowest BCUT2D eigenvalue weighted by atomic mass is 10.1. The summed E-state index contributed by atoms with van der Waals surface area (Å²) in [5.41, 5.74) is 6.51. The average Bonchev–Trinajstić information content (AvgIpc) is 2.78. The summed E-state index contributed by atoms with van der Waals surface area (Å²) < 4.78 is 11.6. The molecule has 2 N–H and O–H groups in total. The Morgan fingerprint density at radius 2 is 1.61 bits per heavy atom. The highest BCUT2D eigenvalue weighted by atomic mass is 16.5. The van der Waals surface area contributed by atoms with Gasteiger partial charge in [0.2, 0.25) is 0 Å².